The maximum absolute atomic E-state index is 12.4. The van der Waals surface area contributed by atoms with Crippen LogP contribution in [0.1, 0.15) is 51.9 Å². The minimum atomic E-state index is 0. The van der Waals surface area contributed by atoms with Gasteiger partial charge in [-0.25, -0.2) is 0 Å². The van der Waals surface area contributed by atoms with E-state index in [-0.39, 0.29) is 30.3 Å². The molecule has 0 aromatic carbocycles. The van der Waals surface area contributed by atoms with Gasteiger partial charge in [-0.1, -0.05) is 19.8 Å². The monoisotopic (exact) mass is 286 g/mol. The molecule has 3 saturated carbocycles. The molecule has 6 unspecified atom stereocenters. The topological polar surface area (TPSA) is 55.1 Å². The molecule has 3 nitrogen and oxygen atoms in total. The second-order valence-corrected chi connectivity index (χ2v) is 6.91. The molecule has 6 atom stereocenters. The van der Waals surface area contributed by atoms with Gasteiger partial charge in [0.05, 0.1) is 5.92 Å². The number of nitrogens with two attached hydrogens (primary N) is 1. The number of hydrogen-bond acceptors (Lipinski definition) is 2. The molecule has 0 aromatic rings. The standard InChI is InChI=1S/C15H26N2O.ClH/c1-9-3-2-4-12(7-9)17-15(18)13-10-5-6-11(8-10)14(13)16;/h9-14H,2-8,16H2,1H3,(H,17,18);1H. The van der Waals surface area contributed by atoms with Crippen LogP contribution in [-0.4, -0.2) is 18.0 Å². The first-order chi connectivity index (χ1) is 8.65. The van der Waals surface area contributed by atoms with Crippen LogP contribution in [0.25, 0.3) is 0 Å². The van der Waals surface area contributed by atoms with Gasteiger partial charge in [-0.05, 0) is 49.9 Å². The van der Waals surface area contributed by atoms with E-state index < -0.39 is 0 Å². The van der Waals surface area contributed by atoms with Gasteiger partial charge < -0.3 is 11.1 Å². The Morgan fingerprint density at radius 1 is 1.11 bits per heavy atom. The normalized spacial score (nSPS) is 44.7. The Bertz CT molecular complexity index is 334. The van der Waals surface area contributed by atoms with Crippen LogP contribution in [0, 0.1) is 23.7 Å². The van der Waals surface area contributed by atoms with Crippen molar-refractivity contribution in [1.29, 1.82) is 0 Å². The van der Waals surface area contributed by atoms with Gasteiger partial charge in [0.15, 0.2) is 0 Å². The summed E-state index contributed by atoms with van der Waals surface area (Å²) in [4.78, 5) is 12.4. The molecule has 110 valence electrons. The summed E-state index contributed by atoms with van der Waals surface area (Å²) >= 11 is 0. The predicted octanol–water partition coefficient (Wildman–Crippen LogP) is 2.48. The number of halogens is 1. The lowest BCUT2D eigenvalue weighted by molar-refractivity contribution is -0.128. The Kier molecular flexibility index (Phi) is 4.78. The van der Waals surface area contributed by atoms with Crippen LogP contribution in [0.3, 0.4) is 0 Å². The number of amides is 1. The third-order valence-electron chi connectivity index (χ3n) is 5.57. The summed E-state index contributed by atoms with van der Waals surface area (Å²) in [6.07, 6.45) is 8.55. The third-order valence-corrected chi connectivity index (χ3v) is 5.57. The van der Waals surface area contributed by atoms with Crippen molar-refractivity contribution < 1.29 is 4.79 Å². The fourth-order valence-corrected chi connectivity index (χ4v) is 4.59. The van der Waals surface area contributed by atoms with Crippen LogP contribution >= 0.6 is 12.4 Å². The zero-order valence-electron chi connectivity index (χ0n) is 11.8. The van der Waals surface area contributed by atoms with Crippen molar-refractivity contribution >= 4 is 18.3 Å². The Hall–Kier alpha value is -0.280. The summed E-state index contributed by atoms with van der Waals surface area (Å²) in [7, 11) is 0. The maximum atomic E-state index is 12.4. The van der Waals surface area contributed by atoms with E-state index in [1.54, 1.807) is 0 Å². The molecule has 1 amide bonds. The molecular weight excluding hydrogens is 260 g/mol. The van der Waals surface area contributed by atoms with Gasteiger partial charge in [0.25, 0.3) is 0 Å². The first-order valence-electron chi connectivity index (χ1n) is 7.71. The number of hydrogen-bond donors (Lipinski definition) is 2. The minimum absolute atomic E-state index is 0. The average Bonchev–Trinajstić information content (AvgIpc) is 2.89. The second kappa shape index (κ2) is 6.01. The van der Waals surface area contributed by atoms with Crippen molar-refractivity contribution in [3.63, 3.8) is 0 Å². The molecule has 0 radical (unpaired) electrons. The average molecular weight is 287 g/mol. The molecule has 0 heterocycles. The highest BCUT2D eigenvalue weighted by molar-refractivity contribution is 5.85. The van der Waals surface area contributed by atoms with Gasteiger partial charge in [-0.15, -0.1) is 12.4 Å². The van der Waals surface area contributed by atoms with Crippen LogP contribution < -0.4 is 11.1 Å². The molecule has 3 fully saturated rings. The smallest absolute Gasteiger partial charge is 0.225 e. The molecule has 3 aliphatic rings. The van der Waals surface area contributed by atoms with E-state index in [0.29, 0.717) is 17.9 Å². The lowest BCUT2D eigenvalue weighted by Crippen LogP contribution is -2.48. The summed E-state index contributed by atoms with van der Waals surface area (Å²) < 4.78 is 0. The van der Waals surface area contributed by atoms with Crippen LogP contribution in [0.5, 0.6) is 0 Å². The summed E-state index contributed by atoms with van der Waals surface area (Å²) in [5.74, 6) is 2.33. The molecule has 0 saturated heterocycles. The molecule has 2 bridgehead atoms. The van der Waals surface area contributed by atoms with Gasteiger partial charge in [0.1, 0.15) is 0 Å². The maximum Gasteiger partial charge on any atom is 0.225 e. The van der Waals surface area contributed by atoms with Crippen molar-refractivity contribution in [3.8, 4) is 0 Å². The third kappa shape index (κ3) is 2.92. The summed E-state index contributed by atoms with van der Waals surface area (Å²) in [6, 6.07) is 0.539. The van der Waals surface area contributed by atoms with E-state index in [1.807, 2.05) is 0 Å². The fourth-order valence-electron chi connectivity index (χ4n) is 4.59. The largest absolute Gasteiger partial charge is 0.353 e. The highest BCUT2D eigenvalue weighted by Gasteiger charge is 2.49. The van der Waals surface area contributed by atoms with Crippen LogP contribution in [0.15, 0.2) is 0 Å². The van der Waals surface area contributed by atoms with Crippen LogP contribution in [-0.2, 0) is 4.79 Å². The molecule has 0 spiro atoms. The molecule has 3 N–H and O–H groups in total. The Morgan fingerprint density at radius 3 is 2.47 bits per heavy atom. The molecule has 3 rings (SSSR count). The molecule has 19 heavy (non-hydrogen) atoms. The van der Waals surface area contributed by atoms with Gasteiger partial charge in [0.2, 0.25) is 5.91 Å². The van der Waals surface area contributed by atoms with Crippen LogP contribution in [0.4, 0.5) is 0 Å². The van der Waals surface area contributed by atoms with Crippen molar-refractivity contribution in [2.45, 2.75) is 64.0 Å². The van der Waals surface area contributed by atoms with E-state index in [1.165, 1.54) is 32.1 Å². The Labute approximate surface area is 122 Å². The van der Waals surface area contributed by atoms with Gasteiger partial charge in [-0.2, -0.15) is 0 Å². The fraction of sp³-hybridized carbons (Fsp3) is 0.933. The first-order valence-corrected chi connectivity index (χ1v) is 7.71. The highest BCUT2D eigenvalue weighted by Crippen LogP contribution is 2.47. The lowest BCUT2D eigenvalue weighted by Gasteiger charge is -2.32. The number of nitrogens with one attached hydrogen (secondary N) is 1. The van der Waals surface area contributed by atoms with E-state index in [4.69, 9.17) is 5.73 Å². The molecule has 0 aliphatic heterocycles. The van der Waals surface area contributed by atoms with Crippen molar-refractivity contribution in [2.24, 2.45) is 29.4 Å². The SMILES string of the molecule is CC1CCCC(NC(=O)C2C3CCC(C3)C2N)C1.Cl. The summed E-state index contributed by atoms with van der Waals surface area (Å²) in [5, 5.41) is 3.29. The summed E-state index contributed by atoms with van der Waals surface area (Å²) in [6.45, 7) is 2.29. The van der Waals surface area contributed by atoms with Crippen LogP contribution in [0.2, 0.25) is 0 Å². The van der Waals surface area contributed by atoms with Gasteiger partial charge in [-0.3, -0.25) is 4.79 Å². The number of rotatable bonds is 2. The van der Waals surface area contributed by atoms with Crippen molar-refractivity contribution in [1.82, 2.24) is 5.32 Å². The Morgan fingerprint density at radius 2 is 1.84 bits per heavy atom. The quantitative estimate of drug-likeness (QED) is 0.819. The van der Waals surface area contributed by atoms with Gasteiger partial charge in [0, 0.05) is 12.1 Å². The Balaban J connectivity index is 0.00000133. The molecule has 3 aliphatic carbocycles. The number of carbonyl (C=O) groups excluding carboxylic acids is 1. The van der Waals surface area contributed by atoms with E-state index in [2.05, 4.69) is 12.2 Å². The van der Waals surface area contributed by atoms with E-state index in [9.17, 15) is 4.79 Å². The van der Waals surface area contributed by atoms with Crippen molar-refractivity contribution in [2.75, 3.05) is 0 Å². The number of fused-ring (bicyclic) bond motifs is 2. The minimum Gasteiger partial charge on any atom is -0.353 e. The summed E-state index contributed by atoms with van der Waals surface area (Å²) in [5.41, 5.74) is 6.24. The molecule has 4 heteroatoms. The van der Waals surface area contributed by atoms with Gasteiger partial charge >= 0.3 is 0 Å². The molecule has 0 aromatic heterocycles. The van der Waals surface area contributed by atoms with Crippen molar-refractivity contribution in [3.05, 3.63) is 0 Å². The van der Waals surface area contributed by atoms with E-state index in [0.717, 1.165) is 18.8 Å². The zero-order valence-corrected chi connectivity index (χ0v) is 12.6. The predicted molar refractivity (Wildman–Crippen MR) is 79.1 cm³/mol. The lowest BCUT2D eigenvalue weighted by atomic mass is 9.83. The van der Waals surface area contributed by atoms with E-state index >= 15 is 0 Å². The first kappa shape index (κ1) is 15.1. The molecular formula is C15H27ClN2O. The highest BCUT2D eigenvalue weighted by atomic mass is 35.5. The number of carbonyl (C=O) groups is 1. The second-order valence-electron chi connectivity index (χ2n) is 6.91. The zero-order chi connectivity index (χ0) is 12.7.